The summed E-state index contributed by atoms with van der Waals surface area (Å²) in [5.41, 5.74) is 4.50. The van der Waals surface area contributed by atoms with E-state index in [1.807, 2.05) is 102 Å². The third-order valence-corrected chi connectivity index (χ3v) is 7.65. The minimum atomic E-state index is -0.287. The van der Waals surface area contributed by atoms with Crippen LogP contribution in [0, 0.1) is 0 Å². The van der Waals surface area contributed by atoms with Crippen molar-refractivity contribution in [3.8, 4) is 5.69 Å². The quantitative estimate of drug-likeness (QED) is 0.283. The van der Waals surface area contributed by atoms with Gasteiger partial charge < -0.3 is 9.47 Å². The maximum absolute atomic E-state index is 14.3. The van der Waals surface area contributed by atoms with Gasteiger partial charge >= 0.3 is 0 Å². The summed E-state index contributed by atoms with van der Waals surface area (Å²) in [5, 5.41) is 2.12. The van der Waals surface area contributed by atoms with Crippen LogP contribution in [0.5, 0.6) is 0 Å². The van der Waals surface area contributed by atoms with Gasteiger partial charge in [0.05, 0.1) is 17.1 Å². The van der Waals surface area contributed by atoms with Gasteiger partial charge in [0.15, 0.2) is 0 Å². The molecule has 2 heterocycles. The number of amides is 2. The van der Waals surface area contributed by atoms with E-state index in [1.54, 1.807) is 4.90 Å². The molecule has 0 radical (unpaired) electrons. The molecule has 4 aromatic carbocycles. The second kappa shape index (κ2) is 9.03. The van der Waals surface area contributed by atoms with Crippen molar-refractivity contribution >= 4 is 28.3 Å². The Hall–Kier alpha value is -4.64. The molecule has 1 unspecified atom stereocenters. The van der Waals surface area contributed by atoms with E-state index >= 15 is 0 Å². The summed E-state index contributed by atoms with van der Waals surface area (Å²) >= 11 is 0. The van der Waals surface area contributed by atoms with E-state index < -0.39 is 0 Å². The fourth-order valence-corrected chi connectivity index (χ4v) is 5.68. The van der Waals surface area contributed by atoms with E-state index in [4.69, 9.17) is 0 Å². The zero-order valence-corrected chi connectivity index (χ0v) is 20.9. The van der Waals surface area contributed by atoms with E-state index in [9.17, 15) is 9.59 Å². The van der Waals surface area contributed by atoms with Gasteiger partial charge in [0, 0.05) is 17.8 Å². The number of benzene rings is 4. The van der Waals surface area contributed by atoms with E-state index in [2.05, 4.69) is 22.8 Å². The molecule has 1 atom stereocenters. The molecule has 1 aromatic heterocycles. The third-order valence-electron chi connectivity index (χ3n) is 7.65. The molecule has 186 valence electrons. The van der Waals surface area contributed by atoms with E-state index in [0.29, 0.717) is 5.56 Å². The lowest BCUT2D eigenvalue weighted by Crippen LogP contribution is -2.47. The first-order valence-electron chi connectivity index (χ1n) is 13.1. The first-order chi connectivity index (χ1) is 18.7. The predicted octanol–water partition coefficient (Wildman–Crippen LogP) is 6.37. The molecule has 1 aliphatic carbocycles. The number of para-hydroxylation sites is 2. The lowest BCUT2D eigenvalue weighted by atomic mass is 9.97. The fraction of sp³-hybridized carbons (Fsp3) is 0.152. The number of fused-ring (bicyclic) bond motifs is 4. The highest BCUT2D eigenvalue weighted by molar-refractivity contribution is 6.04. The summed E-state index contributed by atoms with van der Waals surface area (Å²) in [5.74, 6) is -0.170. The molecule has 38 heavy (non-hydrogen) atoms. The van der Waals surface area contributed by atoms with Gasteiger partial charge in [-0.3, -0.25) is 14.5 Å². The van der Waals surface area contributed by atoms with Gasteiger partial charge in [-0.2, -0.15) is 0 Å². The molecule has 5 heteroatoms. The molecule has 0 spiro atoms. The van der Waals surface area contributed by atoms with Gasteiger partial charge in [0.2, 0.25) is 5.91 Å². The Kier molecular flexibility index (Phi) is 5.36. The summed E-state index contributed by atoms with van der Waals surface area (Å²) in [6.07, 6.45) is 3.90. The largest absolute Gasteiger partial charge is 0.326 e. The van der Waals surface area contributed by atoms with Crippen molar-refractivity contribution in [2.24, 2.45) is 0 Å². The Bertz CT molecular complexity index is 1670. The van der Waals surface area contributed by atoms with Crippen LogP contribution in [0.4, 0.5) is 5.69 Å². The highest BCUT2D eigenvalue weighted by Crippen LogP contribution is 2.42. The average Bonchev–Trinajstić information content (AvgIpc) is 3.70. The second-order valence-corrected chi connectivity index (χ2v) is 10.1. The van der Waals surface area contributed by atoms with E-state index in [0.717, 1.165) is 46.2 Å². The maximum Gasteiger partial charge on any atom is 0.254 e. The first-order valence-corrected chi connectivity index (χ1v) is 13.1. The van der Waals surface area contributed by atoms with Crippen molar-refractivity contribution in [2.75, 3.05) is 11.4 Å². The molecular weight excluding hydrogens is 470 g/mol. The summed E-state index contributed by atoms with van der Waals surface area (Å²) in [6, 6.07) is 35.9. The van der Waals surface area contributed by atoms with Gasteiger partial charge in [-0.1, -0.05) is 72.8 Å². The third kappa shape index (κ3) is 3.79. The highest BCUT2D eigenvalue weighted by Gasteiger charge is 2.40. The van der Waals surface area contributed by atoms with Gasteiger partial charge in [-0.15, -0.1) is 0 Å². The minimum Gasteiger partial charge on any atom is -0.326 e. The van der Waals surface area contributed by atoms with E-state index in [1.165, 1.54) is 0 Å². The van der Waals surface area contributed by atoms with Crippen LogP contribution < -0.4 is 4.90 Å². The molecular formula is C33H27N3O2. The topological polar surface area (TPSA) is 45.6 Å². The summed E-state index contributed by atoms with van der Waals surface area (Å²) in [4.78, 5) is 31.8. The summed E-state index contributed by atoms with van der Waals surface area (Å²) in [6.45, 7) is 0.0364. The van der Waals surface area contributed by atoms with Crippen molar-refractivity contribution in [1.29, 1.82) is 0 Å². The lowest BCUT2D eigenvalue weighted by Gasteiger charge is -2.39. The minimum absolute atomic E-state index is 0.0364. The van der Waals surface area contributed by atoms with Crippen molar-refractivity contribution in [3.05, 3.63) is 132 Å². The zero-order chi connectivity index (χ0) is 25.6. The van der Waals surface area contributed by atoms with Crippen molar-refractivity contribution < 1.29 is 9.59 Å². The number of hydrogen-bond donors (Lipinski definition) is 0. The van der Waals surface area contributed by atoms with Gasteiger partial charge in [-0.25, -0.2) is 0 Å². The Balaban J connectivity index is 1.27. The number of rotatable bonds is 5. The van der Waals surface area contributed by atoms with Gasteiger partial charge in [0.1, 0.15) is 12.6 Å². The molecule has 1 fully saturated rings. The normalized spacial score (nSPS) is 16.1. The average molecular weight is 498 g/mol. The van der Waals surface area contributed by atoms with Gasteiger partial charge in [0.25, 0.3) is 5.91 Å². The second-order valence-electron chi connectivity index (χ2n) is 10.1. The molecule has 5 nitrogen and oxygen atoms in total. The molecule has 2 aliphatic rings. The maximum atomic E-state index is 14.3. The lowest BCUT2D eigenvalue weighted by molar-refractivity contribution is -0.119. The van der Waals surface area contributed by atoms with Crippen molar-refractivity contribution in [2.45, 2.75) is 24.9 Å². The number of hydrogen-bond acceptors (Lipinski definition) is 2. The number of carbonyl (C=O) groups excluding carboxylic acids is 2. The monoisotopic (exact) mass is 497 g/mol. The predicted molar refractivity (Wildman–Crippen MR) is 150 cm³/mol. The summed E-state index contributed by atoms with van der Waals surface area (Å²) < 4.78 is 2.16. The molecule has 2 amide bonds. The smallest absolute Gasteiger partial charge is 0.254 e. The van der Waals surface area contributed by atoms with Crippen LogP contribution in [-0.4, -0.2) is 33.9 Å². The molecule has 1 aliphatic heterocycles. The van der Waals surface area contributed by atoms with Crippen LogP contribution in [0.25, 0.3) is 16.5 Å². The van der Waals surface area contributed by atoms with Crippen LogP contribution in [0.2, 0.25) is 0 Å². The Labute approximate surface area is 221 Å². The SMILES string of the molecule is O=C(c1ccc2ccccc2c1)N(CC(=O)N1c2ccccc2-n2cccc2C1c1ccccc1)C1CC1. The molecule has 0 bridgehead atoms. The Morgan fingerprint density at radius 2 is 1.45 bits per heavy atom. The number of anilines is 1. The zero-order valence-electron chi connectivity index (χ0n) is 20.9. The fourth-order valence-electron chi connectivity index (χ4n) is 5.68. The first kappa shape index (κ1) is 22.5. The number of aromatic nitrogens is 1. The van der Waals surface area contributed by atoms with Crippen LogP contribution in [0.3, 0.4) is 0 Å². The van der Waals surface area contributed by atoms with Crippen LogP contribution in [-0.2, 0) is 4.79 Å². The summed E-state index contributed by atoms with van der Waals surface area (Å²) in [7, 11) is 0. The number of carbonyl (C=O) groups is 2. The van der Waals surface area contributed by atoms with Gasteiger partial charge in [-0.05, 0) is 65.6 Å². The highest BCUT2D eigenvalue weighted by atomic mass is 16.2. The van der Waals surface area contributed by atoms with Crippen LogP contribution in [0.15, 0.2) is 115 Å². The molecule has 5 aromatic rings. The van der Waals surface area contributed by atoms with Crippen LogP contribution in [0.1, 0.15) is 40.5 Å². The Morgan fingerprint density at radius 3 is 2.24 bits per heavy atom. The standard InChI is InChI=1S/C33H27N3O2/c37-31(22-35(27-18-19-27)33(38)26-17-16-23-9-4-5-12-25(23)21-26)36-29-14-7-6-13-28(29)34-20-8-15-30(34)32(36)24-10-2-1-3-11-24/h1-17,20-21,27,32H,18-19,22H2. The van der Waals surface area contributed by atoms with Crippen molar-refractivity contribution in [1.82, 2.24) is 9.47 Å². The molecule has 0 N–H and O–H groups in total. The Morgan fingerprint density at radius 1 is 0.737 bits per heavy atom. The van der Waals surface area contributed by atoms with E-state index in [-0.39, 0.29) is 30.4 Å². The molecule has 1 saturated carbocycles. The molecule has 0 saturated heterocycles. The van der Waals surface area contributed by atoms with Crippen molar-refractivity contribution in [3.63, 3.8) is 0 Å². The molecule has 7 rings (SSSR count). The van der Waals surface area contributed by atoms with Crippen LogP contribution >= 0.6 is 0 Å². The number of nitrogens with zero attached hydrogens (tertiary/aromatic N) is 3.